The highest BCUT2D eigenvalue weighted by atomic mass is 35.6. The quantitative estimate of drug-likeness (QED) is 0.524. The predicted molar refractivity (Wildman–Crippen MR) is 53.2 cm³/mol. The molecule has 0 bridgehead atoms. The normalized spacial score (nSPS) is 27.5. The Balaban J connectivity index is 2.65. The van der Waals surface area contributed by atoms with Crippen LogP contribution < -0.4 is 0 Å². The molecule has 1 aliphatic heterocycles. The number of carbonyl (C=O) groups is 1. The van der Waals surface area contributed by atoms with Crippen molar-refractivity contribution < 1.29 is 9.53 Å². The van der Waals surface area contributed by atoms with E-state index in [-0.39, 0.29) is 23.9 Å². The van der Waals surface area contributed by atoms with E-state index in [1.807, 2.05) is 13.8 Å². The SMILES string of the molecule is CC1(C)CC(=O)OC1CC(Cl)(Cl)Cl. The van der Waals surface area contributed by atoms with E-state index < -0.39 is 3.79 Å². The van der Waals surface area contributed by atoms with Crippen LogP contribution in [-0.2, 0) is 9.53 Å². The van der Waals surface area contributed by atoms with Crippen molar-refractivity contribution in [3.63, 3.8) is 0 Å². The van der Waals surface area contributed by atoms with Crippen LogP contribution in [0.4, 0.5) is 0 Å². The Hall–Kier alpha value is 0.340. The number of esters is 1. The molecule has 0 amide bonds. The molecule has 1 heterocycles. The second-order valence-corrected chi connectivity index (χ2v) is 6.48. The fourth-order valence-electron chi connectivity index (χ4n) is 1.37. The molecule has 0 aliphatic carbocycles. The van der Waals surface area contributed by atoms with Crippen LogP contribution in [0.3, 0.4) is 0 Å². The zero-order valence-corrected chi connectivity index (χ0v) is 9.71. The van der Waals surface area contributed by atoms with Crippen LogP contribution in [0.1, 0.15) is 26.7 Å². The van der Waals surface area contributed by atoms with Gasteiger partial charge in [0.15, 0.2) is 3.79 Å². The van der Waals surface area contributed by atoms with Gasteiger partial charge in [0, 0.05) is 11.8 Å². The van der Waals surface area contributed by atoms with E-state index in [1.165, 1.54) is 0 Å². The van der Waals surface area contributed by atoms with Gasteiger partial charge in [-0.25, -0.2) is 0 Å². The summed E-state index contributed by atoms with van der Waals surface area (Å²) in [6.45, 7) is 3.86. The average Bonchev–Trinajstić information content (AvgIpc) is 2.00. The first-order valence-electron chi connectivity index (χ1n) is 3.97. The molecule has 0 aromatic rings. The monoisotopic (exact) mass is 244 g/mol. The van der Waals surface area contributed by atoms with Gasteiger partial charge in [-0.15, -0.1) is 0 Å². The Bertz CT molecular complexity index is 220. The highest BCUT2D eigenvalue weighted by Gasteiger charge is 2.44. The third-order valence-electron chi connectivity index (χ3n) is 2.16. The van der Waals surface area contributed by atoms with E-state index in [9.17, 15) is 4.79 Å². The van der Waals surface area contributed by atoms with Gasteiger partial charge in [0.2, 0.25) is 0 Å². The molecule has 5 heteroatoms. The molecule has 13 heavy (non-hydrogen) atoms. The number of carbonyl (C=O) groups excluding carboxylic acids is 1. The predicted octanol–water partition coefficient (Wildman–Crippen LogP) is 3.09. The van der Waals surface area contributed by atoms with Gasteiger partial charge in [-0.3, -0.25) is 4.79 Å². The van der Waals surface area contributed by atoms with E-state index in [0.717, 1.165) is 0 Å². The van der Waals surface area contributed by atoms with Crippen molar-refractivity contribution in [3.05, 3.63) is 0 Å². The number of hydrogen-bond acceptors (Lipinski definition) is 2. The maximum absolute atomic E-state index is 11.0. The summed E-state index contributed by atoms with van der Waals surface area (Å²) in [4.78, 5) is 11.0. The van der Waals surface area contributed by atoms with Crippen molar-refractivity contribution in [1.29, 1.82) is 0 Å². The second-order valence-electron chi connectivity index (χ2n) is 3.96. The molecule has 1 atom stereocenters. The second kappa shape index (κ2) is 3.48. The molecule has 0 saturated carbocycles. The summed E-state index contributed by atoms with van der Waals surface area (Å²) in [5, 5.41) is 0. The van der Waals surface area contributed by atoms with Crippen LogP contribution in [-0.4, -0.2) is 15.9 Å². The minimum absolute atomic E-state index is 0.218. The van der Waals surface area contributed by atoms with Crippen molar-refractivity contribution in [3.8, 4) is 0 Å². The highest BCUT2D eigenvalue weighted by molar-refractivity contribution is 6.67. The zero-order chi connectivity index (χ0) is 10.3. The average molecular weight is 246 g/mol. The van der Waals surface area contributed by atoms with E-state index in [4.69, 9.17) is 39.5 Å². The minimum Gasteiger partial charge on any atom is -0.462 e. The van der Waals surface area contributed by atoms with Crippen molar-refractivity contribution in [2.75, 3.05) is 0 Å². The van der Waals surface area contributed by atoms with Gasteiger partial charge < -0.3 is 4.74 Å². The van der Waals surface area contributed by atoms with Crippen LogP contribution in [0.5, 0.6) is 0 Å². The van der Waals surface area contributed by atoms with E-state index in [1.54, 1.807) is 0 Å². The number of alkyl halides is 3. The Kier molecular flexibility index (Phi) is 3.06. The van der Waals surface area contributed by atoms with Gasteiger partial charge in [-0.1, -0.05) is 48.7 Å². The van der Waals surface area contributed by atoms with E-state index in [2.05, 4.69) is 0 Å². The van der Waals surface area contributed by atoms with Gasteiger partial charge in [0.1, 0.15) is 6.10 Å². The summed E-state index contributed by atoms with van der Waals surface area (Å²) >= 11 is 16.9. The molecule has 1 saturated heterocycles. The first kappa shape index (κ1) is 11.4. The first-order chi connectivity index (χ1) is 5.71. The van der Waals surface area contributed by atoms with Crippen LogP contribution in [0, 0.1) is 5.41 Å². The summed E-state index contributed by atoms with van der Waals surface area (Å²) in [7, 11) is 0. The molecule has 0 aromatic carbocycles. The molecule has 1 fully saturated rings. The lowest BCUT2D eigenvalue weighted by atomic mass is 9.84. The van der Waals surface area contributed by atoms with Gasteiger partial charge in [0.25, 0.3) is 0 Å². The van der Waals surface area contributed by atoms with Crippen LogP contribution in [0.2, 0.25) is 0 Å². The Morgan fingerprint density at radius 3 is 2.38 bits per heavy atom. The van der Waals surface area contributed by atoms with Crippen LogP contribution in [0.15, 0.2) is 0 Å². The van der Waals surface area contributed by atoms with Gasteiger partial charge in [0.05, 0.1) is 6.42 Å². The number of halogens is 3. The number of cyclic esters (lactones) is 1. The van der Waals surface area contributed by atoms with Crippen LogP contribution in [0.25, 0.3) is 0 Å². The Morgan fingerprint density at radius 1 is 1.54 bits per heavy atom. The Labute approximate surface area is 92.5 Å². The van der Waals surface area contributed by atoms with Crippen molar-refractivity contribution in [2.24, 2.45) is 5.41 Å². The lowest BCUT2D eigenvalue weighted by molar-refractivity contribution is -0.141. The van der Waals surface area contributed by atoms with Gasteiger partial charge >= 0.3 is 5.97 Å². The third kappa shape index (κ3) is 3.19. The fourth-order valence-corrected chi connectivity index (χ4v) is 1.79. The van der Waals surface area contributed by atoms with Crippen molar-refractivity contribution >= 4 is 40.8 Å². The molecule has 1 aliphatic rings. The maximum atomic E-state index is 11.0. The number of hydrogen-bond donors (Lipinski definition) is 0. The molecular formula is C8H11Cl3O2. The van der Waals surface area contributed by atoms with Gasteiger partial charge in [-0.2, -0.15) is 0 Å². The van der Waals surface area contributed by atoms with E-state index >= 15 is 0 Å². The summed E-state index contributed by atoms with van der Waals surface area (Å²) in [5.41, 5.74) is -0.235. The maximum Gasteiger partial charge on any atom is 0.306 e. The molecule has 76 valence electrons. The summed E-state index contributed by atoms with van der Waals surface area (Å²) in [5.74, 6) is -0.218. The minimum atomic E-state index is -1.35. The molecule has 1 unspecified atom stereocenters. The fraction of sp³-hybridized carbons (Fsp3) is 0.875. The lowest BCUT2D eigenvalue weighted by Crippen LogP contribution is -2.28. The molecular weight excluding hydrogens is 234 g/mol. The summed E-state index contributed by atoms with van der Waals surface area (Å²) in [6.07, 6.45) is 0.335. The number of ether oxygens (including phenoxy) is 1. The molecule has 2 nitrogen and oxygen atoms in total. The summed E-state index contributed by atoms with van der Waals surface area (Å²) < 4.78 is 3.71. The summed E-state index contributed by atoms with van der Waals surface area (Å²) in [6, 6.07) is 0. The topological polar surface area (TPSA) is 26.3 Å². The zero-order valence-electron chi connectivity index (χ0n) is 7.44. The van der Waals surface area contributed by atoms with Gasteiger partial charge in [-0.05, 0) is 0 Å². The largest absolute Gasteiger partial charge is 0.462 e. The molecule has 1 rings (SSSR count). The van der Waals surface area contributed by atoms with Crippen molar-refractivity contribution in [2.45, 2.75) is 36.6 Å². The first-order valence-corrected chi connectivity index (χ1v) is 5.10. The van der Waals surface area contributed by atoms with Crippen LogP contribution >= 0.6 is 34.8 Å². The highest BCUT2D eigenvalue weighted by Crippen LogP contribution is 2.43. The standard InChI is InChI=1S/C8H11Cl3O2/c1-7(2)4-6(12)13-5(7)3-8(9,10)11/h5H,3-4H2,1-2H3. The van der Waals surface area contributed by atoms with Crippen molar-refractivity contribution in [1.82, 2.24) is 0 Å². The Morgan fingerprint density at radius 2 is 2.08 bits per heavy atom. The van der Waals surface area contributed by atoms with E-state index in [0.29, 0.717) is 6.42 Å². The number of rotatable bonds is 1. The molecule has 0 spiro atoms. The molecule has 0 radical (unpaired) electrons. The molecule has 0 N–H and O–H groups in total. The lowest BCUT2D eigenvalue weighted by Gasteiger charge is -2.26. The third-order valence-corrected chi connectivity index (χ3v) is 2.63. The smallest absolute Gasteiger partial charge is 0.306 e. The molecule has 0 aromatic heterocycles.